The van der Waals surface area contributed by atoms with Crippen molar-refractivity contribution in [3.05, 3.63) is 0 Å². The molecule has 0 rings (SSSR count). The van der Waals surface area contributed by atoms with Gasteiger partial charge in [0.1, 0.15) is 0 Å². The lowest BCUT2D eigenvalue weighted by Gasteiger charge is -2.09. The molecule has 0 bridgehead atoms. The Morgan fingerprint density at radius 1 is 1.06 bits per heavy atom. The number of nitrogens with one attached hydrogen (secondary N) is 2. The van der Waals surface area contributed by atoms with Crippen LogP contribution in [0.5, 0.6) is 0 Å². The maximum atomic E-state index is 11.6. The second-order valence-corrected chi connectivity index (χ2v) is 7.64. The summed E-state index contributed by atoms with van der Waals surface area (Å²) < 4.78 is 25.9. The smallest absolute Gasteiger partial charge is 0.211 e. The fraction of sp³-hybridized carbons (Fsp3) is 1.00. The Morgan fingerprint density at radius 3 is 2.39 bits per heavy atom. The van der Waals surface area contributed by atoms with E-state index in [9.17, 15) is 8.42 Å². The van der Waals surface area contributed by atoms with Crippen LogP contribution in [-0.4, -0.2) is 45.3 Å². The number of hydrogen-bond donors (Lipinski definition) is 2. The lowest BCUT2D eigenvalue weighted by molar-refractivity contribution is 0.558. The molecule has 18 heavy (non-hydrogen) atoms. The molecule has 0 fully saturated rings. The number of rotatable bonds is 12. The summed E-state index contributed by atoms with van der Waals surface area (Å²) in [6.45, 7) is 5.45. The highest BCUT2D eigenvalue weighted by molar-refractivity contribution is 7.98. The minimum absolute atomic E-state index is 0.220. The average Bonchev–Trinajstić information content (AvgIpc) is 2.29. The maximum Gasteiger partial charge on any atom is 0.211 e. The predicted molar refractivity (Wildman–Crippen MR) is 81.8 cm³/mol. The standard InChI is InChI=1S/C12H28N2O2S2/c1-12(2)13-8-7-11-18(15,16)14-9-5-4-6-10-17-3/h12-14H,4-11H2,1-3H3. The summed E-state index contributed by atoms with van der Waals surface area (Å²) in [7, 11) is -3.07. The first kappa shape index (κ1) is 18.2. The first-order valence-electron chi connectivity index (χ1n) is 6.67. The highest BCUT2D eigenvalue weighted by atomic mass is 32.2. The van der Waals surface area contributed by atoms with Crippen LogP contribution < -0.4 is 10.0 Å². The summed E-state index contributed by atoms with van der Waals surface area (Å²) in [5.74, 6) is 1.38. The zero-order valence-corrected chi connectivity index (χ0v) is 13.5. The number of sulfonamides is 1. The third-order valence-electron chi connectivity index (χ3n) is 2.49. The van der Waals surface area contributed by atoms with Crippen molar-refractivity contribution in [2.24, 2.45) is 0 Å². The quantitative estimate of drug-likeness (QED) is 0.539. The zero-order chi connectivity index (χ0) is 13.9. The van der Waals surface area contributed by atoms with Crippen molar-refractivity contribution in [3.8, 4) is 0 Å². The van der Waals surface area contributed by atoms with Crippen molar-refractivity contribution in [3.63, 3.8) is 0 Å². The Labute approximate surface area is 117 Å². The van der Waals surface area contributed by atoms with Crippen molar-refractivity contribution < 1.29 is 8.42 Å². The van der Waals surface area contributed by atoms with Gasteiger partial charge in [-0.05, 0) is 37.8 Å². The monoisotopic (exact) mass is 296 g/mol. The van der Waals surface area contributed by atoms with Gasteiger partial charge in [0.2, 0.25) is 10.0 Å². The molecule has 0 aromatic heterocycles. The summed E-state index contributed by atoms with van der Waals surface area (Å²) >= 11 is 1.84. The molecule has 0 saturated heterocycles. The van der Waals surface area contributed by atoms with Crippen molar-refractivity contribution >= 4 is 21.8 Å². The van der Waals surface area contributed by atoms with Crippen LogP contribution in [0, 0.1) is 0 Å². The Hall–Kier alpha value is 0.220. The Bertz CT molecular complexity index is 280. The van der Waals surface area contributed by atoms with Gasteiger partial charge >= 0.3 is 0 Å². The van der Waals surface area contributed by atoms with E-state index in [1.54, 1.807) is 0 Å². The van der Waals surface area contributed by atoms with E-state index in [1.165, 1.54) is 6.42 Å². The van der Waals surface area contributed by atoms with Gasteiger partial charge in [-0.15, -0.1) is 0 Å². The van der Waals surface area contributed by atoms with Crippen molar-refractivity contribution in [1.29, 1.82) is 0 Å². The third kappa shape index (κ3) is 12.7. The van der Waals surface area contributed by atoms with E-state index in [1.807, 2.05) is 11.8 Å². The van der Waals surface area contributed by atoms with Gasteiger partial charge in [0.15, 0.2) is 0 Å². The molecule has 2 N–H and O–H groups in total. The molecule has 0 aromatic rings. The van der Waals surface area contributed by atoms with Gasteiger partial charge in [0, 0.05) is 12.6 Å². The van der Waals surface area contributed by atoms with Gasteiger partial charge in [-0.25, -0.2) is 13.1 Å². The second-order valence-electron chi connectivity index (χ2n) is 4.73. The molecule has 0 heterocycles. The average molecular weight is 297 g/mol. The van der Waals surface area contributed by atoms with Crippen LogP contribution in [0.2, 0.25) is 0 Å². The van der Waals surface area contributed by atoms with E-state index in [0.29, 0.717) is 19.0 Å². The third-order valence-corrected chi connectivity index (χ3v) is 4.66. The molecule has 0 atom stereocenters. The first-order valence-corrected chi connectivity index (χ1v) is 9.72. The van der Waals surface area contributed by atoms with Gasteiger partial charge in [0.05, 0.1) is 5.75 Å². The molecule has 0 spiro atoms. The number of hydrogen-bond acceptors (Lipinski definition) is 4. The number of unbranched alkanes of at least 4 members (excludes halogenated alkanes) is 2. The van der Waals surface area contributed by atoms with E-state index >= 15 is 0 Å². The lowest BCUT2D eigenvalue weighted by Crippen LogP contribution is -2.30. The van der Waals surface area contributed by atoms with E-state index in [-0.39, 0.29) is 5.75 Å². The van der Waals surface area contributed by atoms with Gasteiger partial charge in [-0.1, -0.05) is 20.3 Å². The van der Waals surface area contributed by atoms with E-state index in [4.69, 9.17) is 0 Å². The van der Waals surface area contributed by atoms with E-state index in [2.05, 4.69) is 30.1 Å². The van der Waals surface area contributed by atoms with Gasteiger partial charge < -0.3 is 5.32 Å². The first-order chi connectivity index (χ1) is 8.48. The SMILES string of the molecule is CSCCCCCNS(=O)(=O)CCCNC(C)C. The molecule has 0 unspecified atom stereocenters. The molecule has 0 aliphatic carbocycles. The summed E-state index contributed by atoms with van der Waals surface area (Å²) in [6, 6.07) is 0.414. The molecule has 0 aliphatic rings. The molecule has 0 aromatic carbocycles. The molecular formula is C12H28N2O2S2. The fourth-order valence-electron chi connectivity index (χ4n) is 1.50. The van der Waals surface area contributed by atoms with Crippen LogP contribution >= 0.6 is 11.8 Å². The minimum Gasteiger partial charge on any atom is -0.314 e. The summed E-state index contributed by atoms with van der Waals surface area (Å²) in [6.07, 6.45) is 5.96. The molecule has 0 aliphatic heterocycles. The van der Waals surface area contributed by atoms with Crippen molar-refractivity contribution in [2.45, 2.75) is 45.6 Å². The molecule has 110 valence electrons. The second kappa shape index (κ2) is 11.1. The van der Waals surface area contributed by atoms with Crippen molar-refractivity contribution in [2.75, 3.05) is 30.9 Å². The zero-order valence-electron chi connectivity index (χ0n) is 11.9. The van der Waals surface area contributed by atoms with Crippen LogP contribution in [0.4, 0.5) is 0 Å². The van der Waals surface area contributed by atoms with Crippen LogP contribution in [0.25, 0.3) is 0 Å². The van der Waals surface area contributed by atoms with Crippen LogP contribution in [0.3, 0.4) is 0 Å². The number of thioether (sulfide) groups is 1. The van der Waals surface area contributed by atoms with E-state index < -0.39 is 10.0 Å². The molecule has 0 amide bonds. The highest BCUT2D eigenvalue weighted by Crippen LogP contribution is 2.01. The van der Waals surface area contributed by atoms with Crippen LogP contribution in [-0.2, 0) is 10.0 Å². The molecular weight excluding hydrogens is 268 g/mol. The minimum atomic E-state index is -3.07. The van der Waals surface area contributed by atoms with Gasteiger partial charge in [-0.2, -0.15) is 11.8 Å². The topological polar surface area (TPSA) is 58.2 Å². The maximum absolute atomic E-state index is 11.6. The summed E-state index contributed by atoms with van der Waals surface area (Å²) in [5.41, 5.74) is 0. The lowest BCUT2D eigenvalue weighted by atomic mass is 10.2. The Morgan fingerprint density at radius 2 is 1.78 bits per heavy atom. The fourth-order valence-corrected chi connectivity index (χ4v) is 3.12. The summed E-state index contributed by atoms with van der Waals surface area (Å²) in [4.78, 5) is 0. The summed E-state index contributed by atoms with van der Waals surface area (Å²) in [5, 5.41) is 3.21. The van der Waals surface area contributed by atoms with E-state index in [0.717, 1.165) is 25.1 Å². The molecule has 4 nitrogen and oxygen atoms in total. The molecule has 0 saturated carbocycles. The largest absolute Gasteiger partial charge is 0.314 e. The van der Waals surface area contributed by atoms with Gasteiger partial charge in [0.25, 0.3) is 0 Å². The molecule has 0 radical (unpaired) electrons. The molecule has 6 heteroatoms. The van der Waals surface area contributed by atoms with Crippen LogP contribution in [0.1, 0.15) is 39.5 Å². The van der Waals surface area contributed by atoms with Crippen LogP contribution in [0.15, 0.2) is 0 Å². The van der Waals surface area contributed by atoms with Gasteiger partial charge in [-0.3, -0.25) is 0 Å². The predicted octanol–water partition coefficient (Wildman–Crippen LogP) is 1.83. The Kier molecular flexibility index (Phi) is 11.2. The van der Waals surface area contributed by atoms with Crippen molar-refractivity contribution in [1.82, 2.24) is 10.0 Å². The Balaban J connectivity index is 3.49. The normalized spacial score (nSPS) is 12.2. The highest BCUT2D eigenvalue weighted by Gasteiger charge is 2.08.